The van der Waals surface area contributed by atoms with Crippen LogP contribution in [0.1, 0.15) is 18.1 Å². The zero-order valence-corrected chi connectivity index (χ0v) is 16.1. The molecule has 0 radical (unpaired) electrons. The molecule has 0 atom stereocenters. The van der Waals surface area contributed by atoms with Crippen molar-refractivity contribution in [1.82, 2.24) is 10.6 Å². The first-order valence-corrected chi connectivity index (χ1v) is 8.67. The zero-order chi connectivity index (χ0) is 19.6. The Morgan fingerprint density at radius 3 is 2.41 bits per heavy atom. The van der Waals surface area contributed by atoms with Crippen LogP contribution in [0.4, 0.5) is 4.39 Å². The van der Waals surface area contributed by atoms with Crippen molar-refractivity contribution in [3.8, 4) is 17.2 Å². The van der Waals surface area contributed by atoms with Crippen LogP contribution in [-0.2, 0) is 13.1 Å². The maximum absolute atomic E-state index is 13.3. The molecule has 146 valence electrons. The van der Waals surface area contributed by atoms with E-state index in [1.165, 1.54) is 12.1 Å². The summed E-state index contributed by atoms with van der Waals surface area (Å²) in [7, 11) is 4.74. The first-order chi connectivity index (χ1) is 13.1. The number of guanidine groups is 1. The summed E-state index contributed by atoms with van der Waals surface area (Å²) >= 11 is 0. The smallest absolute Gasteiger partial charge is 0.203 e. The lowest BCUT2D eigenvalue weighted by molar-refractivity contribution is 0.322. The standard InChI is InChI=1S/C20H26FN3O3/c1-5-22-20(23-12-14-7-6-8-16(21)11-14)24-13-15-9-10-17(25-2)19(27-4)18(15)26-3/h6-11H,5,12-13H2,1-4H3,(H2,22,23,24). The molecule has 2 aromatic rings. The highest BCUT2D eigenvalue weighted by Gasteiger charge is 2.15. The summed E-state index contributed by atoms with van der Waals surface area (Å²) in [6.07, 6.45) is 0. The minimum atomic E-state index is -0.268. The van der Waals surface area contributed by atoms with Gasteiger partial charge in [0.15, 0.2) is 17.5 Å². The summed E-state index contributed by atoms with van der Waals surface area (Å²) in [6, 6.07) is 10.1. The van der Waals surface area contributed by atoms with Crippen LogP contribution < -0.4 is 24.8 Å². The molecule has 6 nitrogen and oxygen atoms in total. The van der Waals surface area contributed by atoms with Crippen LogP contribution in [0.5, 0.6) is 17.2 Å². The second-order valence-electron chi connectivity index (χ2n) is 5.67. The van der Waals surface area contributed by atoms with Gasteiger partial charge in [-0.2, -0.15) is 0 Å². The van der Waals surface area contributed by atoms with Gasteiger partial charge in [0.25, 0.3) is 0 Å². The van der Waals surface area contributed by atoms with Gasteiger partial charge in [-0.05, 0) is 36.8 Å². The van der Waals surface area contributed by atoms with Gasteiger partial charge in [0.1, 0.15) is 5.82 Å². The Kier molecular flexibility index (Phi) is 7.73. The van der Waals surface area contributed by atoms with E-state index in [4.69, 9.17) is 14.2 Å². The average molecular weight is 375 g/mol. The highest BCUT2D eigenvalue weighted by Crippen LogP contribution is 2.39. The van der Waals surface area contributed by atoms with Crippen molar-refractivity contribution in [1.29, 1.82) is 0 Å². The first-order valence-electron chi connectivity index (χ1n) is 8.67. The third-order valence-electron chi connectivity index (χ3n) is 3.89. The Morgan fingerprint density at radius 2 is 1.78 bits per heavy atom. The number of halogens is 1. The van der Waals surface area contributed by atoms with E-state index in [0.29, 0.717) is 42.8 Å². The molecule has 0 fully saturated rings. The SMILES string of the molecule is CCNC(=NCc1cccc(F)c1)NCc1ccc(OC)c(OC)c1OC. The van der Waals surface area contributed by atoms with Crippen LogP contribution in [0.3, 0.4) is 0 Å². The normalized spacial score (nSPS) is 11.1. The molecular weight excluding hydrogens is 349 g/mol. The van der Waals surface area contributed by atoms with Crippen LogP contribution in [-0.4, -0.2) is 33.8 Å². The van der Waals surface area contributed by atoms with Crippen molar-refractivity contribution in [2.75, 3.05) is 27.9 Å². The van der Waals surface area contributed by atoms with Gasteiger partial charge < -0.3 is 24.8 Å². The fourth-order valence-corrected chi connectivity index (χ4v) is 2.63. The van der Waals surface area contributed by atoms with Crippen LogP contribution in [0, 0.1) is 5.82 Å². The summed E-state index contributed by atoms with van der Waals surface area (Å²) in [5.74, 6) is 2.10. The maximum atomic E-state index is 13.3. The van der Waals surface area contributed by atoms with Crippen LogP contribution in [0.2, 0.25) is 0 Å². The average Bonchev–Trinajstić information content (AvgIpc) is 2.69. The molecule has 0 heterocycles. The van der Waals surface area contributed by atoms with Gasteiger partial charge in [0, 0.05) is 18.7 Å². The molecule has 0 saturated carbocycles. The highest BCUT2D eigenvalue weighted by molar-refractivity contribution is 5.79. The largest absolute Gasteiger partial charge is 0.493 e. The van der Waals surface area contributed by atoms with Gasteiger partial charge in [-0.3, -0.25) is 0 Å². The summed E-state index contributed by atoms with van der Waals surface area (Å²) in [5, 5.41) is 6.43. The number of hydrogen-bond donors (Lipinski definition) is 2. The van der Waals surface area contributed by atoms with E-state index >= 15 is 0 Å². The maximum Gasteiger partial charge on any atom is 0.203 e. The number of nitrogens with one attached hydrogen (secondary N) is 2. The topological polar surface area (TPSA) is 64.1 Å². The van der Waals surface area contributed by atoms with Gasteiger partial charge in [0.2, 0.25) is 5.75 Å². The zero-order valence-electron chi connectivity index (χ0n) is 16.1. The molecule has 0 aliphatic heterocycles. The Hall–Kier alpha value is -2.96. The van der Waals surface area contributed by atoms with Crippen molar-refractivity contribution in [2.45, 2.75) is 20.0 Å². The van der Waals surface area contributed by atoms with Crippen molar-refractivity contribution in [3.63, 3.8) is 0 Å². The molecule has 7 heteroatoms. The minimum absolute atomic E-state index is 0.268. The molecule has 0 spiro atoms. The van der Waals surface area contributed by atoms with Crippen molar-refractivity contribution < 1.29 is 18.6 Å². The fourth-order valence-electron chi connectivity index (χ4n) is 2.63. The second-order valence-corrected chi connectivity index (χ2v) is 5.67. The van der Waals surface area contributed by atoms with E-state index < -0.39 is 0 Å². The van der Waals surface area contributed by atoms with Crippen molar-refractivity contribution in [3.05, 3.63) is 53.3 Å². The quantitative estimate of drug-likeness (QED) is 0.548. The lowest BCUT2D eigenvalue weighted by Gasteiger charge is -2.17. The molecule has 0 aliphatic carbocycles. The Labute approximate surface area is 159 Å². The first kappa shape index (κ1) is 20.4. The molecule has 0 amide bonds. The predicted molar refractivity (Wildman–Crippen MR) is 104 cm³/mol. The van der Waals surface area contributed by atoms with E-state index in [9.17, 15) is 4.39 Å². The third kappa shape index (κ3) is 5.51. The summed E-state index contributed by atoms with van der Waals surface area (Å²) in [5.41, 5.74) is 1.70. The van der Waals surface area contributed by atoms with Crippen molar-refractivity contribution >= 4 is 5.96 Å². The van der Waals surface area contributed by atoms with Gasteiger partial charge in [-0.1, -0.05) is 12.1 Å². The monoisotopic (exact) mass is 375 g/mol. The molecular formula is C20H26FN3O3. The molecule has 0 aromatic heterocycles. The predicted octanol–water partition coefficient (Wildman–Crippen LogP) is 3.11. The highest BCUT2D eigenvalue weighted by atomic mass is 19.1. The van der Waals surface area contributed by atoms with Crippen LogP contribution >= 0.6 is 0 Å². The lowest BCUT2D eigenvalue weighted by atomic mass is 10.1. The second kappa shape index (κ2) is 10.3. The van der Waals surface area contributed by atoms with E-state index in [1.54, 1.807) is 27.4 Å². The molecule has 0 saturated heterocycles. The summed E-state index contributed by atoms with van der Waals surface area (Å²) in [6.45, 7) is 3.53. The van der Waals surface area contributed by atoms with E-state index in [0.717, 1.165) is 11.1 Å². The molecule has 0 bridgehead atoms. The molecule has 0 unspecified atom stereocenters. The van der Waals surface area contributed by atoms with Gasteiger partial charge in [0.05, 0.1) is 27.9 Å². The number of aliphatic imine (C=N–C) groups is 1. The summed E-state index contributed by atoms with van der Waals surface area (Å²) in [4.78, 5) is 4.50. The molecule has 27 heavy (non-hydrogen) atoms. The van der Waals surface area contributed by atoms with E-state index in [1.807, 2.05) is 25.1 Å². The number of nitrogens with zero attached hydrogens (tertiary/aromatic N) is 1. The lowest BCUT2D eigenvalue weighted by Crippen LogP contribution is -2.36. The van der Waals surface area contributed by atoms with Gasteiger partial charge >= 0.3 is 0 Å². The number of rotatable bonds is 8. The fraction of sp³-hybridized carbons (Fsp3) is 0.350. The number of hydrogen-bond acceptors (Lipinski definition) is 4. The minimum Gasteiger partial charge on any atom is -0.493 e. The van der Waals surface area contributed by atoms with E-state index in [2.05, 4.69) is 15.6 Å². The Morgan fingerprint density at radius 1 is 1.00 bits per heavy atom. The number of ether oxygens (including phenoxy) is 3. The Bertz CT molecular complexity index is 781. The number of methoxy groups -OCH3 is 3. The molecule has 2 aromatic carbocycles. The summed E-state index contributed by atoms with van der Waals surface area (Å²) < 4.78 is 29.5. The van der Waals surface area contributed by atoms with Crippen molar-refractivity contribution in [2.24, 2.45) is 4.99 Å². The van der Waals surface area contributed by atoms with Gasteiger partial charge in [-0.15, -0.1) is 0 Å². The Balaban J connectivity index is 2.14. The third-order valence-corrected chi connectivity index (χ3v) is 3.89. The number of benzene rings is 2. The van der Waals surface area contributed by atoms with Crippen LogP contribution in [0.15, 0.2) is 41.4 Å². The molecule has 2 N–H and O–H groups in total. The molecule has 2 rings (SSSR count). The van der Waals surface area contributed by atoms with Crippen LogP contribution in [0.25, 0.3) is 0 Å². The molecule has 0 aliphatic rings. The van der Waals surface area contributed by atoms with E-state index in [-0.39, 0.29) is 5.82 Å². The van der Waals surface area contributed by atoms with Gasteiger partial charge in [-0.25, -0.2) is 9.38 Å².